The van der Waals surface area contributed by atoms with E-state index in [4.69, 9.17) is 14.5 Å². The maximum Gasteiger partial charge on any atom is 0.191 e. The van der Waals surface area contributed by atoms with Crippen LogP contribution >= 0.6 is 0 Å². The minimum atomic E-state index is 0.654. The molecule has 0 aromatic heterocycles. The van der Waals surface area contributed by atoms with Crippen molar-refractivity contribution in [2.24, 2.45) is 10.9 Å². The fourth-order valence-electron chi connectivity index (χ4n) is 3.47. The molecule has 6 heteroatoms. The molecule has 0 radical (unpaired) electrons. The first-order chi connectivity index (χ1) is 14.2. The largest absolute Gasteiger partial charge is 0.382 e. The third kappa shape index (κ3) is 10.1. The zero-order chi connectivity index (χ0) is 20.7. The van der Waals surface area contributed by atoms with Gasteiger partial charge in [0.2, 0.25) is 0 Å². The van der Waals surface area contributed by atoms with E-state index in [1.165, 1.54) is 24.0 Å². The minimum absolute atomic E-state index is 0.654. The Bertz CT molecular complexity index is 569. The molecule has 1 aromatic rings. The summed E-state index contributed by atoms with van der Waals surface area (Å²) in [7, 11) is 1.69. The first-order valence-electron chi connectivity index (χ1n) is 11.1. The molecule has 164 valence electrons. The van der Waals surface area contributed by atoms with Crippen LogP contribution in [0, 0.1) is 12.8 Å². The van der Waals surface area contributed by atoms with Crippen molar-refractivity contribution < 1.29 is 9.47 Å². The molecule has 6 nitrogen and oxygen atoms in total. The van der Waals surface area contributed by atoms with E-state index >= 15 is 0 Å². The van der Waals surface area contributed by atoms with Crippen molar-refractivity contribution in [1.82, 2.24) is 15.5 Å². The van der Waals surface area contributed by atoms with Crippen LogP contribution < -0.4 is 10.6 Å². The molecule has 1 aliphatic heterocycles. The average Bonchev–Trinajstić information content (AvgIpc) is 2.74. The number of methoxy groups -OCH3 is 1. The number of piperidine rings is 1. The predicted octanol–water partition coefficient (Wildman–Crippen LogP) is 2.82. The van der Waals surface area contributed by atoms with E-state index in [2.05, 4.69) is 53.6 Å². The lowest BCUT2D eigenvalue weighted by Crippen LogP contribution is -2.39. The van der Waals surface area contributed by atoms with Gasteiger partial charge in [-0.1, -0.05) is 29.8 Å². The third-order valence-electron chi connectivity index (χ3n) is 5.28. The second kappa shape index (κ2) is 14.4. The van der Waals surface area contributed by atoms with Crippen molar-refractivity contribution in [2.45, 2.75) is 39.7 Å². The monoisotopic (exact) mass is 404 g/mol. The summed E-state index contributed by atoms with van der Waals surface area (Å²) in [5, 5.41) is 6.76. The fraction of sp³-hybridized carbons (Fsp3) is 0.696. The molecule has 1 aromatic carbocycles. The van der Waals surface area contributed by atoms with Gasteiger partial charge in [0.25, 0.3) is 0 Å². The van der Waals surface area contributed by atoms with Crippen LogP contribution in [0.4, 0.5) is 0 Å². The van der Waals surface area contributed by atoms with Crippen molar-refractivity contribution in [3.8, 4) is 0 Å². The molecule has 29 heavy (non-hydrogen) atoms. The van der Waals surface area contributed by atoms with Crippen LogP contribution in [0.25, 0.3) is 0 Å². The molecule has 0 aliphatic carbocycles. The minimum Gasteiger partial charge on any atom is -0.382 e. The van der Waals surface area contributed by atoms with Crippen molar-refractivity contribution in [3.63, 3.8) is 0 Å². The Hall–Kier alpha value is -1.63. The summed E-state index contributed by atoms with van der Waals surface area (Å²) in [4.78, 5) is 7.39. The first-order valence-corrected chi connectivity index (χ1v) is 11.1. The molecule has 0 spiro atoms. The molecule has 0 atom stereocenters. The highest BCUT2D eigenvalue weighted by atomic mass is 16.5. The molecule has 0 amide bonds. The van der Waals surface area contributed by atoms with Gasteiger partial charge in [0, 0.05) is 39.9 Å². The number of nitrogens with one attached hydrogen (secondary N) is 2. The molecule has 2 rings (SSSR count). The average molecular weight is 405 g/mol. The standard InChI is InChI=1S/C23H40N4O2/c1-4-24-23(25-12-5-15-29-17-16-28-3)26-18-21-10-13-27(14-11-21)19-22-8-6-20(2)7-9-22/h6-9,21H,4-5,10-19H2,1-3H3,(H2,24,25,26). The Balaban J connectivity index is 1.64. The summed E-state index contributed by atoms with van der Waals surface area (Å²) >= 11 is 0. The van der Waals surface area contributed by atoms with Crippen molar-refractivity contribution >= 4 is 5.96 Å². The highest BCUT2D eigenvalue weighted by molar-refractivity contribution is 5.79. The normalized spacial score (nSPS) is 16.2. The molecule has 0 saturated carbocycles. The Morgan fingerprint density at radius 1 is 1.10 bits per heavy atom. The van der Waals surface area contributed by atoms with Gasteiger partial charge in [-0.15, -0.1) is 0 Å². The highest BCUT2D eigenvalue weighted by Gasteiger charge is 2.19. The molecule has 1 aliphatic rings. The third-order valence-corrected chi connectivity index (χ3v) is 5.28. The molecule has 1 saturated heterocycles. The van der Waals surface area contributed by atoms with E-state index in [0.29, 0.717) is 19.1 Å². The Morgan fingerprint density at radius 3 is 2.55 bits per heavy atom. The van der Waals surface area contributed by atoms with Crippen LogP contribution in [-0.2, 0) is 16.0 Å². The molecule has 1 heterocycles. The zero-order valence-electron chi connectivity index (χ0n) is 18.6. The van der Waals surface area contributed by atoms with Crippen LogP contribution in [0.2, 0.25) is 0 Å². The number of likely N-dealkylation sites (tertiary alicyclic amines) is 1. The van der Waals surface area contributed by atoms with E-state index in [1.807, 2.05) is 0 Å². The molecular formula is C23H40N4O2. The SMILES string of the molecule is CCNC(=NCC1CCN(Cc2ccc(C)cc2)CC1)NCCCOCCOC. The lowest BCUT2D eigenvalue weighted by Gasteiger charge is -2.31. The topological polar surface area (TPSA) is 58.1 Å². The lowest BCUT2D eigenvalue weighted by atomic mass is 9.96. The smallest absolute Gasteiger partial charge is 0.191 e. The van der Waals surface area contributed by atoms with E-state index in [1.54, 1.807) is 7.11 Å². The number of guanidine groups is 1. The summed E-state index contributed by atoms with van der Waals surface area (Å²) in [5.41, 5.74) is 2.74. The second-order valence-corrected chi connectivity index (χ2v) is 7.81. The van der Waals surface area contributed by atoms with Gasteiger partial charge in [-0.05, 0) is 57.7 Å². The fourth-order valence-corrected chi connectivity index (χ4v) is 3.47. The van der Waals surface area contributed by atoms with Crippen LogP contribution in [0.15, 0.2) is 29.3 Å². The van der Waals surface area contributed by atoms with Gasteiger partial charge in [-0.3, -0.25) is 9.89 Å². The number of nitrogens with zero attached hydrogens (tertiary/aromatic N) is 2. The molecule has 1 fully saturated rings. The van der Waals surface area contributed by atoms with E-state index in [9.17, 15) is 0 Å². The van der Waals surface area contributed by atoms with E-state index in [-0.39, 0.29) is 0 Å². The zero-order valence-corrected chi connectivity index (χ0v) is 18.6. The van der Waals surface area contributed by atoms with Gasteiger partial charge in [-0.25, -0.2) is 0 Å². The number of hydrogen-bond donors (Lipinski definition) is 2. The van der Waals surface area contributed by atoms with Crippen molar-refractivity contribution in [3.05, 3.63) is 35.4 Å². The predicted molar refractivity (Wildman–Crippen MR) is 120 cm³/mol. The van der Waals surface area contributed by atoms with Gasteiger partial charge >= 0.3 is 0 Å². The Kier molecular flexibility index (Phi) is 11.7. The van der Waals surface area contributed by atoms with E-state index < -0.39 is 0 Å². The first kappa shape index (κ1) is 23.6. The number of hydrogen-bond acceptors (Lipinski definition) is 4. The van der Waals surface area contributed by atoms with Gasteiger partial charge in [0.15, 0.2) is 5.96 Å². The number of aliphatic imine (C=N–C) groups is 1. The molecule has 2 N–H and O–H groups in total. The maximum absolute atomic E-state index is 5.50. The van der Waals surface area contributed by atoms with Crippen LogP contribution in [-0.4, -0.2) is 70.5 Å². The summed E-state index contributed by atoms with van der Waals surface area (Å²) < 4.78 is 10.5. The number of aryl methyl sites for hydroxylation is 1. The van der Waals surface area contributed by atoms with Crippen LogP contribution in [0.5, 0.6) is 0 Å². The summed E-state index contributed by atoms with van der Waals surface area (Å²) in [6.45, 7) is 12.3. The van der Waals surface area contributed by atoms with E-state index in [0.717, 1.165) is 58.3 Å². The van der Waals surface area contributed by atoms with Gasteiger partial charge in [0.05, 0.1) is 13.2 Å². The molecule has 0 unspecified atom stereocenters. The lowest BCUT2D eigenvalue weighted by molar-refractivity contribution is 0.0698. The highest BCUT2D eigenvalue weighted by Crippen LogP contribution is 2.19. The number of ether oxygens (including phenoxy) is 2. The van der Waals surface area contributed by atoms with Gasteiger partial charge in [0.1, 0.15) is 0 Å². The van der Waals surface area contributed by atoms with Crippen LogP contribution in [0.1, 0.15) is 37.3 Å². The Morgan fingerprint density at radius 2 is 1.86 bits per heavy atom. The molecule has 0 bridgehead atoms. The van der Waals surface area contributed by atoms with Gasteiger partial charge in [-0.2, -0.15) is 0 Å². The second-order valence-electron chi connectivity index (χ2n) is 7.81. The summed E-state index contributed by atoms with van der Waals surface area (Å²) in [6, 6.07) is 8.92. The Labute approximate surface area is 177 Å². The molecular weight excluding hydrogens is 364 g/mol. The number of benzene rings is 1. The van der Waals surface area contributed by atoms with Gasteiger partial charge < -0.3 is 20.1 Å². The van der Waals surface area contributed by atoms with Crippen molar-refractivity contribution in [1.29, 1.82) is 0 Å². The number of rotatable bonds is 12. The quantitative estimate of drug-likeness (QED) is 0.319. The van der Waals surface area contributed by atoms with Crippen molar-refractivity contribution in [2.75, 3.05) is 59.7 Å². The van der Waals surface area contributed by atoms with Crippen LogP contribution in [0.3, 0.4) is 0 Å². The maximum atomic E-state index is 5.50. The summed E-state index contributed by atoms with van der Waals surface area (Å²) in [6.07, 6.45) is 3.41. The summed E-state index contributed by atoms with van der Waals surface area (Å²) in [5.74, 6) is 1.60.